The van der Waals surface area contributed by atoms with Gasteiger partial charge in [0.05, 0.1) is 18.8 Å². The van der Waals surface area contributed by atoms with E-state index in [1.54, 1.807) is 0 Å². The molecule has 0 radical (unpaired) electrons. The molecular weight excluding hydrogens is 442 g/mol. The highest BCUT2D eigenvalue weighted by Gasteiger charge is 2.32. The van der Waals surface area contributed by atoms with Gasteiger partial charge >= 0.3 is 0 Å². The van der Waals surface area contributed by atoms with Gasteiger partial charge in [-0.15, -0.1) is 0 Å². The number of rotatable bonds is 9. The zero-order chi connectivity index (χ0) is 24.6. The molecule has 7 nitrogen and oxygen atoms in total. The van der Waals surface area contributed by atoms with E-state index in [-0.39, 0.29) is 24.7 Å². The van der Waals surface area contributed by atoms with Crippen LogP contribution in [0.25, 0.3) is 0 Å². The van der Waals surface area contributed by atoms with Crippen molar-refractivity contribution in [1.29, 1.82) is 0 Å². The summed E-state index contributed by atoms with van der Waals surface area (Å²) in [4.78, 5) is 18.2. The topological polar surface area (TPSA) is 83.9 Å². The normalized spacial score (nSPS) is 20.1. The molecule has 0 bridgehead atoms. The molecule has 3 aromatic rings. The van der Waals surface area contributed by atoms with Crippen LogP contribution in [-0.2, 0) is 27.3 Å². The fourth-order valence-electron chi connectivity index (χ4n) is 4.29. The third kappa shape index (κ3) is 7.19. The molecule has 1 fully saturated rings. The molecular formula is C28H33N3O4. The molecule has 0 spiro atoms. The Kier molecular flexibility index (Phi) is 8.60. The number of carbonyl (C=O) groups excluding carboxylic acids is 1. The summed E-state index contributed by atoms with van der Waals surface area (Å²) >= 11 is 0. The molecule has 2 N–H and O–H groups in total. The summed E-state index contributed by atoms with van der Waals surface area (Å²) in [6, 6.07) is 21.4. The monoisotopic (exact) mass is 475 g/mol. The number of aliphatic hydroxyl groups is 1. The molecule has 1 amide bonds. The quantitative estimate of drug-likeness (QED) is 0.481. The molecule has 184 valence electrons. The Morgan fingerprint density at radius 3 is 2.63 bits per heavy atom. The first-order valence-corrected chi connectivity index (χ1v) is 12.0. The van der Waals surface area contributed by atoms with Crippen molar-refractivity contribution in [3.63, 3.8) is 0 Å². The fraction of sp³-hybridized carbons (Fsp3) is 0.357. The van der Waals surface area contributed by atoms with Gasteiger partial charge in [0.2, 0.25) is 5.91 Å². The molecule has 0 saturated carbocycles. The molecule has 1 aromatic heterocycles. The van der Waals surface area contributed by atoms with Gasteiger partial charge in [-0.2, -0.15) is 0 Å². The molecule has 0 unspecified atom stereocenters. The Balaban J connectivity index is 1.49. The van der Waals surface area contributed by atoms with Gasteiger partial charge in [0.15, 0.2) is 6.29 Å². The summed E-state index contributed by atoms with van der Waals surface area (Å²) in [5.41, 5.74) is 4.55. The van der Waals surface area contributed by atoms with Gasteiger partial charge in [-0.25, -0.2) is 0 Å². The maximum Gasteiger partial charge on any atom is 0.221 e. The van der Waals surface area contributed by atoms with E-state index in [9.17, 15) is 9.90 Å². The summed E-state index contributed by atoms with van der Waals surface area (Å²) in [5.74, 6) is -0.123. The summed E-state index contributed by atoms with van der Waals surface area (Å²) in [5, 5.41) is 12.2. The van der Waals surface area contributed by atoms with Crippen molar-refractivity contribution in [3.8, 4) is 0 Å². The van der Waals surface area contributed by atoms with Crippen molar-refractivity contribution in [3.05, 3.63) is 95.3 Å². The van der Waals surface area contributed by atoms with Crippen LogP contribution >= 0.6 is 0 Å². The van der Waals surface area contributed by atoms with Crippen molar-refractivity contribution < 1.29 is 19.4 Å². The van der Waals surface area contributed by atoms with Crippen molar-refractivity contribution in [2.24, 2.45) is 0 Å². The molecule has 1 saturated heterocycles. The highest BCUT2D eigenvalue weighted by molar-refractivity contribution is 5.88. The lowest BCUT2D eigenvalue weighted by Crippen LogP contribution is -2.38. The van der Waals surface area contributed by atoms with Crippen molar-refractivity contribution in [2.75, 3.05) is 25.5 Å². The second-order valence-electron chi connectivity index (χ2n) is 8.99. The highest BCUT2D eigenvalue weighted by Crippen LogP contribution is 2.38. The number of ether oxygens (including phenoxy) is 2. The smallest absolute Gasteiger partial charge is 0.221 e. The van der Waals surface area contributed by atoms with Crippen LogP contribution in [0.3, 0.4) is 0 Å². The Hall–Kier alpha value is -3.10. The van der Waals surface area contributed by atoms with Crippen LogP contribution in [0.5, 0.6) is 0 Å². The zero-order valence-corrected chi connectivity index (χ0v) is 20.3. The number of hydrogen-bond donors (Lipinski definition) is 2. The van der Waals surface area contributed by atoms with E-state index in [1.807, 2.05) is 72.9 Å². The zero-order valence-electron chi connectivity index (χ0n) is 20.3. The number of benzene rings is 2. The first-order valence-electron chi connectivity index (χ1n) is 12.0. The summed E-state index contributed by atoms with van der Waals surface area (Å²) < 4.78 is 12.8. The Labute approximate surface area is 206 Å². The van der Waals surface area contributed by atoms with E-state index >= 15 is 0 Å². The van der Waals surface area contributed by atoms with Gasteiger partial charge in [0.25, 0.3) is 0 Å². The Morgan fingerprint density at radius 1 is 1.09 bits per heavy atom. The highest BCUT2D eigenvalue weighted by atomic mass is 16.7. The minimum absolute atomic E-state index is 0.0111. The van der Waals surface area contributed by atoms with Gasteiger partial charge in [-0.1, -0.05) is 42.5 Å². The van der Waals surface area contributed by atoms with Crippen LogP contribution in [0, 0.1) is 0 Å². The molecule has 0 aliphatic carbocycles. The third-order valence-corrected chi connectivity index (χ3v) is 6.09. The van der Waals surface area contributed by atoms with Crippen LogP contribution in [0.1, 0.15) is 48.1 Å². The number of aliphatic hydroxyl groups excluding tert-OH is 1. The number of nitrogens with zero attached hydrogens (tertiary/aromatic N) is 2. The third-order valence-electron chi connectivity index (χ3n) is 6.09. The molecule has 35 heavy (non-hydrogen) atoms. The van der Waals surface area contributed by atoms with Crippen molar-refractivity contribution in [2.45, 2.75) is 44.9 Å². The number of carbonyl (C=O) groups is 1. The van der Waals surface area contributed by atoms with Crippen molar-refractivity contribution in [1.82, 2.24) is 9.88 Å². The molecule has 4 rings (SSSR count). The first-order chi connectivity index (χ1) is 17.0. The number of aromatic nitrogens is 1. The van der Waals surface area contributed by atoms with E-state index in [0.29, 0.717) is 12.1 Å². The van der Waals surface area contributed by atoms with E-state index in [1.165, 1.54) is 6.92 Å². The average molecular weight is 476 g/mol. The Morgan fingerprint density at radius 2 is 1.91 bits per heavy atom. The molecule has 1 aliphatic heterocycles. The summed E-state index contributed by atoms with van der Waals surface area (Å²) in [6.45, 7) is 3.12. The molecule has 3 atom stereocenters. The second-order valence-corrected chi connectivity index (χ2v) is 8.99. The fourth-order valence-corrected chi connectivity index (χ4v) is 4.29. The number of likely N-dealkylation sites (N-methyl/N-ethyl adjacent to an activating group) is 1. The number of amides is 1. The number of nitrogens with one attached hydrogen (secondary N) is 1. The van der Waals surface area contributed by atoms with Gasteiger partial charge in [0, 0.05) is 56.0 Å². The second kappa shape index (κ2) is 12.0. The first kappa shape index (κ1) is 25.0. The number of pyridine rings is 1. The SMILES string of the molecule is CC(=O)Nc1cccc([C@@H]2O[C@H](CN(C)CCc3ccccn3)C[C@H](c3ccc(CO)cc3)O2)c1. The lowest BCUT2D eigenvalue weighted by Gasteiger charge is -2.38. The molecule has 2 heterocycles. The number of anilines is 1. The predicted octanol–water partition coefficient (Wildman–Crippen LogP) is 4.25. The van der Waals surface area contributed by atoms with Crippen LogP contribution in [0.15, 0.2) is 72.9 Å². The van der Waals surface area contributed by atoms with Crippen molar-refractivity contribution >= 4 is 11.6 Å². The minimum atomic E-state index is -0.561. The van der Waals surface area contributed by atoms with Gasteiger partial charge in [-0.3, -0.25) is 9.78 Å². The standard InChI is InChI=1S/C28H33N3O4/c1-20(33)30-25-8-5-6-23(16-25)28-34-26(18-31(2)15-13-24-7-3-4-14-29-24)17-27(35-28)22-11-9-21(19-32)10-12-22/h3-12,14,16,26-28,32H,13,15,17-19H2,1-2H3,(H,30,33)/t26-,27+,28+/m0/s1. The molecule has 7 heteroatoms. The molecule has 2 aromatic carbocycles. The lowest BCUT2D eigenvalue weighted by atomic mass is 9.99. The van der Waals surface area contributed by atoms with Crippen LogP contribution in [0.4, 0.5) is 5.69 Å². The van der Waals surface area contributed by atoms with Gasteiger partial charge < -0.3 is 24.8 Å². The van der Waals surface area contributed by atoms with E-state index in [4.69, 9.17) is 9.47 Å². The average Bonchev–Trinajstić information content (AvgIpc) is 2.88. The van der Waals surface area contributed by atoms with E-state index < -0.39 is 6.29 Å². The maximum atomic E-state index is 11.5. The van der Waals surface area contributed by atoms with Gasteiger partial charge in [0.1, 0.15) is 0 Å². The van der Waals surface area contributed by atoms with Gasteiger partial charge in [-0.05, 0) is 42.4 Å². The molecule has 1 aliphatic rings. The summed E-state index contributed by atoms with van der Waals surface area (Å²) in [6.07, 6.45) is 2.65. The van der Waals surface area contributed by atoms with Crippen LogP contribution in [0.2, 0.25) is 0 Å². The minimum Gasteiger partial charge on any atom is -0.392 e. The lowest BCUT2D eigenvalue weighted by molar-refractivity contribution is -0.252. The largest absolute Gasteiger partial charge is 0.392 e. The maximum absolute atomic E-state index is 11.5. The van der Waals surface area contributed by atoms with E-state index in [0.717, 1.165) is 41.9 Å². The van der Waals surface area contributed by atoms with Crippen LogP contribution < -0.4 is 5.32 Å². The summed E-state index contributed by atoms with van der Waals surface area (Å²) in [7, 11) is 2.10. The number of hydrogen-bond acceptors (Lipinski definition) is 6. The van der Waals surface area contributed by atoms with E-state index in [2.05, 4.69) is 22.2 Å². The van der Waals surface area contributed by atoms with Crippen LogP contribution in [-0.4, -0.2) is 47.1 Å². The predicted molar refractivity (Wildman–Crippen MR) is 135 cm³/mol. The Bertz CT molecular complexity index is 1090.